The van der Waals surface area contributed by atoms with Crippen molar-refractivity contribution in [3.8, 4) is 0 Å². The van der Waals surface area contributed by atoms with Gasteiger partial charge >= 0.3 is 5.97 Å². The van der Waals surface area contributed by atoms with Gasteiger partial charge in [0.1, 0.15) is 5.78 Å². The predicted octanol–water partition coefficient (Wildman–Crippen LogP) is 3.66. The van der Waals surface area contributed by atoms with Gasteiger partial charge in [-0.05, 0) is 85.9 Å². The van der Waals surface area contributed by atoms with Crippen molar-refractivity contribution < 1.29 is 24.9 Å². The van der Waals surface area contributed by atoms with Gasteiger partial charge in [0, 0.05) is 18.3 Å². The van der Waals surface area contributed by atoms with Gasteiger partial charge in [-0.1, -0.05) is 20.8 Å². The fourth-order valence-electron chi connectivity index (χ4n) is 8.41. The first-order valence-corrected chi connectivity index (χ1v) is 11.7. The molecule has 29 heavy (non-hydrogen) atoms. The first-order valence-electron chi connectivity index (χ1n) is 11.7. The number of fused-ring (bicyclic) bond motifs is 5. The fourth-order valence-corrected chi connectivity index (χ4v) is 8.41. The highest BCUT2D eigenvalue weighted by Crippen LogP contribution is 2.67. The van der Waals surface area contributed by atoms with Crippen molar-refractivity contribution in [1.29, 1.82) is 0 Å². The third-order valence-corrected chi connectivity index (χ3v) is 10.1. The Hall–Kier alpha value is -0.940. The van der Waals surface area contributed by atoms with Crippen LogP contribution < -0.4 is 0 Å². The molecule has 0 bridgehead atoms. The molecule has 0 aromatic rings. The Balaban J connectivity index is 1.62. The van der Waals surface area contributed by atoms with E-state index in [1.165, 1.54) is 0 Å². The average molecular weight is 407 g/mol. The van der Waals surface area contributed by atoms with E-state index in [1.807, 2.05) is 0 Å². The van der Waals surface area contributed by atoms with E-state index in [-0.39, 0.29) is 47.5 Å². The van der Waals surface area contributed by atoms with Gasteiger partial charge in [0.15, 0.2) is 0 Å². The second-order valence-electron chi connectivity index (χ2n) is 11.2. The molecule has 4 aliphatic rings. The van der Waals surface area contributed by atoms with Crippen LogP contribution in [0.15, 0.2) is 0 Å². The first kappa shape index (κ1) is 21.3. The van der Waals surface area contributed by atoms with E-state index in [1.54, 1.807) is 0 Å². The summed E-state index contributed by atoms with van der Waals surface area (Å²) in [5.74, 6) is 0.855. The summed E-state index contributed by atoms with van der Waals surface area (Å²) in [7, 11) is 0. The van der Waals surface area contributed by atoms with E-state index in [9.17, 15) is 19.8 Å². The van der Waals surface area contributed by atoms with Crippen LogP contribution in [-0.2, 0) is 9.59 Å². The van der Waals surface area contributed by atoms with E-state index < -0.39 is 17.5 Å². The van der Waals surface area contributed by atoms with Crippen LogP contribution in [0.1, 0.15) is 78.6 Å². The second kappa shape index (κ2) is 7.33. The topological polar surface area (TPSA) is 94.8 Å². The van der Waals surface area contributed by atoms with Crippen LogP contribution in [0.25, 0.3) is 0 Å². The van der Waals surface area contributed by atoms with Crippen molar-refractivity contribution in [2.45, 2.75) is 90.8 Å². The molecule has 3 N–H and O–H groups in total. The smallest absolute Gasteiger partial charge is 0.303 e. The summed E-state index contributed by atoms with van der Waals surface area (Å²) in [6.07, 6.45) is 5.82. The molecule has 10 atom stereocenters. The summed E-state index contributed by atoms with van der Waals surface area (Å²) in [4.78, 5) is 24.7. The molecule has 0 saturated heterocycles. The van der Waals surface area contributed by atoms with E-state index in [0.29, 0.717) is 24.5 Å². The Morgan fingerprint density at radius 1 is 1.14 bits per heavy atom. The number of carboxylic acids is 1. The minimum Gasteiger partial charge on any atom is -0.481 e. The Kier molecular flexibility index (Phi) is 5.39. The quantitative estimate of drug-likeness (QED) is 0.662. The molecule has 4 fully saturated rings. The number of aliphatic hydroxyl groups is 2. The summed E-state index contributed by atoms with van der Waals surface area (Å²) < 4.78 is 0. The lowest BCUT2D eigenvalue weighted by molar-refractivity contribution is -0.181. The Morgan fingerprint density at radius 3 is 2.55 bits per heavy atom. The number of aliphatic carboxylic acids is 1. The molecule has 0 heterocycles. The number of ketones is 1. The second-order valence-corrected chi connectivity index (χ2v) is 11.2. The van der Waals surface area contributed by atoms with Gasteiger partial charge in [0.25, 0.3) is 0 Å². The third-order valence-electron chi connectivity index (χ3n) is 10.1. The van der Waals surface area contributed by atoms with Crippen molar-refractivity contribution in [1.82, 2.24) is 0 Å². The maximum absolute atomic E-state index is 13.6. The lowest BCUT2D eigenvalue weighted by Gasteiger charge is -2.61. The van der Waals surface area contributed by atoms with Gasteiger partial charge in [0.2, 0.25) is 0 Å². The molecule has 0 amide bonds. The molecule has 1 unspecified atom stereocenters. The van der Waals surface area contributed by atoms with Gasteiger partial charge in [-0.3, -0.25) is 9.59 Å². The number of carboxylic acid groups (broad SMARTS) is 1. The van der Waals surface area contributed by atoms with E-state index in [4.69, 9.17) is 5.11 Å². The zero-order valence-electron chi connectivity index (χ0n) is 18.1. The van der Waals surface area contributed by atoms with Crippen LogP contribution in [0, 0.1) is 46.3 Å². The molecule has 0 aliphatic heterocycles. The van der Waals surface area contributed by atoms with Crippen LogP contribution in [-0.4, -0.2) is 39.3 Å². The molecule has 164 valence electrons. The Morgan fingerprint density at radius 2 is 1.86 bits per heavy atom. The summed E-state index contributed by atoms with van der Waals surface area (Å²) in [6.45, 7) is 6.54. The molecule has 0 aromatic carbocycles. The van der Waals surface area contributed by atoms with Gasteiger partial charge in [-0.2, -0.15) is 0 Å². The molecule has 0 aromatic heterocycles. The Labute approximate surface area is 174 Å². The summed E-state index contributed by atoms with van der Waals surface area (Å²) >= 11 is 0. The minimum absolute atomic E-state index is 0.0348. The standard InChI is InChI=1S/C24H38O5/c1-13(4-7-21(28)29)16-5-6-17-22-18(12-20(27)24(16,17)3)23(2)9-8-15(25)10-14(23)11-19(22)26/h13-19,22,25-26H,4-12H2,1-3H3,(H,28,29)/t13-,14?,15-,16-,17+,18+,19+,22+,23+,24-/m1/s1. The van der Waals surface area contributed by atoms with Gasteiger partial charge in [-0.15, -0.1) is 0 Å². The predicted molar refractivity (Wildman–Crippen MR) is 109 cm³/mol. The molecule has 4 aliphatic carbocycles. The van der Waals surface area contributed by atoms with Gasteiger partial charge in [-0.25, -0.2) is 0 Å². The van der Waals surface area contributed by atoms with Crippen molar-refractivity contribution in [3.05, 3.63) is 0 Å². The molecule has 5 nitrogen and oxygen atoms in total. The molecule has 4 rings (SSSR count). The zero-order chi connectivity index (χ0) is 21.1. The average Bonchev–Trinajstić information content (AvgIpc) is 3.01. The fraction of sp³-hybridized carbons (Fsp3) is 0.917. The lowest BCUT2D eigenvalue weighted by atomic mass is 9.43. The SMILES string of the molecule is C[C@H](CCC(=O)O)[C@H]1CC[C@H]2[C@@H]3[C@@H](O)CC4C[C@H](O)CC[C@]4(C)[C@H]3CC(=O)[C@]12C. The maximum Gasteiger partial charge on any atom is 0.303 e. The summed E-state index contributed by atoms with van der Waals surface area (Å²) in [5, 5.41) is 30.5. The number of Topliss-reactive ketones (excluding diaryl/α,β-unsaturated/α-hetero) is 1. The molecule has 4 saturated carbocycles. The van der Waals surface area contributed by atoms with Crippen LogP contribution in [0.2, 0.25) is 0 Å². The van der Waals surface area contributed by atoms with Crippen molar-refractivity contribution in [3.63, 3.8) is 0 Å². The van der Waals surface area contributed by atoms with Crippen LogP contribution in [0.5, 0.6) is 0 Å². The Bertz CT molecular complexity index is 676. The highest BCUT2D eigenvalue weighted by atomic mass is 16.4. The largest absolute Gasteiger partial charge is 0.481 e. The normalized spacial score (nSPS) is 50.4. The van der Waals surface area contributed by atoms with Gasteiger partial charge in [0.05, 0.1) is 12.2 Å². The monoisotopic (exact) mass is 406 g/mol. The van der Waals surface area contributed by atoms with E-state index in [2.05, 4.69) is 20.8 Å². The number of hydrogen-bond acceptors (Lipinski definition) is 4. The van der Waals surface area contributed by atoms with E-state index >= 15 is 0 Å². The van der Waals surface area contributed by atoms with Crippen LogP contribution in [0.4, 0.5) is 0 Å². The van der Waals surface area contributed by atoms with Crippen molar-refractivity contribution in [2.24, 2.45) is 46.3 Å². The maximum atomic E-state index is 13.6. The molecule has 0 spiro atoms. The number of carbonyl (C=O) groups excluding carboxylic acids is 1. The highest BCUT2D eigenvalue weighted by Gasteiger charge is 2.65. The number of rotatable bonds is 4. The van der Waals surface area contributed by atoms with Crippen LogP contribution in [0.3, 0.4) is 0 Å². The first-order chi connectivity index (χ1) is 13.6. The van der Waals surface area contributed by atoms with Crippen LogP contribution >= 0.6 is 0 Å². The van der Waals surface area contributed by atoms with Crippen molar-refractivity contribution in [2.75, 3.05) is 0 Å². The highest BCUT2D eigenvalue weighted by molar-refractivity contribution is 5.87. The zero-order valence-corrected chi connectivity index (χ0v) is 18.1. The number of carbonyl (C=O) groups is 2. The minimum atomic E-state index is -0.771. The molecular weight excluding hydrogens is 368 g/mol. The molecule has 5 heteroatoms. The lowest BCUT2D eigenvalue weighted by Crippen LogP contribution is -2.61. The summed E-state index contributed by atoms with van der Waals surface area (Å²) in [6, 6.07) is 0. The number of hydrogen-bond donors (Lipinski definition) is 3. The summed E-state index contributed by atoms with van der Waals surface area (Å²) in [5.41, 5.74) is -0.398. The number of aliphatic hydroxyl groups excluding tert-OH is 2. The van der Waals surface area contributed by atoms with E-state index in [0.717, 1.165) is 38.5 Å². The molecular formula is C24H38O5. The molecule has 0 radical (unpaired) electrons. The third kappa shape index (κ3) is 3.18. The van der Waals surface area contributed by atoms with Gasteiger partial charge < -0.3 is 15.3 Å². The van der Waals surface area contributed by atoms with Crippen molar-refractivity contribution >= 4 is 11.8 Å².